The van der Waals surface area contributed by atoms with Crippen molar-refractivity contribution < 1.29 is 14.7 Å². The monoisotopic (exact) mass is 293 g/mol. The van der Waals surface area contributed by atoms with Crippen LogP contribution >= 0.6 is 11.3 Å². The van der Waals surface area contributed by atoms with Crippen molar-refractivity contribution in [3.05, 3.63) is 28.2 Å². The van der Waals surface area contributed by atoms with Crippen LogP contribution in [-0.4, -0.2) is 17.0 Å². The first-order chi connectivity index (χ1) is 9.52. The number of thiophene rings is 1. The Morgan fingerprint density at radius 3 is 2.80 bits per heavy atom. The maximum absolute atomic E-state index is 12.0. The average Bonchev–Trinajstić information content (AvgIpc) is 2.96. The summed E-state index contributed by atoms with van der Waals surface area (Å²) in [5, 5.41) is 12.6. The van der Waals surface area contributed by atoms with Crippen LogP contribution in [0.15, 0.2) is 12.2 Å². The van der Waals surface area contributed by atoms with Gasteiger partial charge in [-0.05, 0) is 37.7 Å². The van der Waals surface area contributed by atoms with Gasteiger partial charge >= 0.3 is 5.97 Å². The molecule has 0 radical (unpaired) electrons. The van der Waals surface area contributed by atoms with E-state index in [1.165, 1.54) is 11.3 Å². The number of carbonyl (C=O) groups excluding carboxylic acids is 1. The van der Waals surface area contributed by atoms with Gasteiger partial charge in [0.1, 0.15) is 5.00 Å². The van der Waals surface area contributed by atoms with E-state index in [-0.39, 0.29) is 17.4 Å². The summed E-state index contributed by atoms with van der Waals surface area (Å²) in [7, 11) is 0. The van der Waals surface area contributed by atoms with Gasteiger partial charge in [0.15, 0.2) is 0 Å². The predicted octanol–water partition coefficient (Wildman–Crippen LogP) is 3.61. The molecule has 1 unspecified atom stereocenters. The third kappa shape index (κ3) is 3.10. The summed E-state index contributed by atoms with van der Waals surface area (Å²) in [6.45, 7) is 3.82. The molecule has 0 aromatic carbocycles. The van der Waals surface area contributed by atoms with Gasteiger partial charge in [-0.2, -0.15) is 0 Å². The number of nitrogens with one attached hydrogen (secondary N) is 1. The number of aryl methyl sites for hydroxylation is 1. The van der Waals surface area contributed by atoms with Gasteiger partial charge in [-0.25, -0.2) is 4.79 Å². The number of hydrogen-bond donors (Lipinski definition) is 2. The Bertz CT molecular complexity index is 560. The van der Waals surface area contributed by atoms with E-state index < -0.39 is 5.97 Å². The number of rotatable bonds is 5. The van der Waals surface area contributed by atoms with Gasteiger partial charge in [0.05, 0.1) is 5.56 Å². The molecule has 108 valence electrons. The van der Waals surface area contributed by atoms with E-state index in [0.29, 0.717) is 17.8 Å². The zero-order chi connectivity index (χ0) is 14.7. The maximum atomic E-state index is 12.0. The molecule has 0 aliphatic heterocycles. The molecule has 0 fully saturated rings. The van der Waals surface area contributed by atoms with Crippen molar-refractivity contribution in [2.45, 2.75) is 39.5 Å². The zero-order valence-electron chi connectivity index (χ0n) is 11.7. The number of allylic oxidation sites excluding steroid dienone is 2. The minimum atomic E-state index is -0.970. The number of amides is 1. The van der Waals surface area contributed by atoms with Crippen molar-refractivity contribution in [1.82, 2.24) is 0 Å². The second kappa shape index (κ2) is 6.22. The van der Waals surface area contributed by atoms with Crippen LogP contribution in [-0.2, 0) is 11.2 Å². The van der Waals surface area contributed by atoms with Crippen LogP contribution in [0.1, 0.15) is 47.0 Å². The van der Waals surface area contributed by atoms with Crippen LogP contribution in [0.3, 0.4) is 0 Å². The first-order valence-electron chi connectivity index (χ1n) is 6.85. The fourth-order valence-electron chi connectivity index (χ4n) is 2.60. The molecule has 4 nitrogen and oxygen atoms in total. The maximum Gasteiger partial charge on any atom is 0.339 e. The van der Waals surface area contributed by atoms with Gasteiger partial charge in [-0.1, -0.05) is 19.1 Å². The van der Waals surface area contributed by atoms with Crippen molar-refractivity contribution in [3.63, 3.8) is 0 Å². The fraction of sp³-hybridized carbons (Fsp3) is 0.467. The summed E-state index contributed by atoms with van der Waals surface area (Å²) in [6.07, 6.45) is 7.26. The number of aromatic carboxylic acids is 1. The molecule has 2 N–H and O–H groups in total. The third-order valence-corrected chi connectivity index (χ3v) is 4.65. The van der Waals surface area contributed by atoms with Crippen LogP contribution in [0.4, 0.5) is 5.00 Å². The molecule has 20 heavy (non-hydrogen) atoms. The van der Waals surface area contributed by atoms with E-state index >= 15 is 0 Å². The lowest BCUT2D eigenvalue weighted by atomic mass is 10.0. The molecule has 0 saturated carbocycles. The van der Waals surface area contributed by atoms with Crippen molar-refractivity contribution in [3.8, 4) is 0 Å². The minimum Gasteiger partial charge on any atom is -0.478 e. The minimum absolute atomic E-state index is 0.104. The second-order valence-corrected chi connectivity index (χ2v) is 6.24. The topological polar surface area (TPSA) is 66.4 Å². The van der Waals surface area contributed by atoms with E-state index in [2.05, 4.69) is 17.5 Å². The molecule has 0 saturated heterocycles. The van der Waals surface area contributed by atoms with Crippen LogP contribution in [0.25, 0.3) is 0 Å². The summed E-state index contributed by atoms with van der Waals surface area (Å²) in [6, 6.07) is 0. The summed E-state index contributed by atoms with van der Waals surface area (Å²) >= 11 is 1.35. The Labute approximate surface area is 122 Å². The average molecular weight is 293 g/mol. The highest BCUT2D eigenvalue weighted by atomic mass is 32.1. The second-order valence-electron chi connectivity index (χ2n) is 5.02. The zero-order valence-corrected chi connectivity index (χ0v) is 12.5. The van der Waals surface area contributed by atoms with Crippen molar-refractivity contribution in [2.75, 3.05) is 5.32 Å². The molecule has 1 amide bonds. The SMILES string of the molecule is CCc1c(C)sc(NC(=O)CC2C=CCC2)c1C(=O)O. The molecule has 1 heterocycles. The quantitative estimate of drug-likeness (QED) is 0.815. The first-order valence-corrected chi connectivity index (χ1v) is 7.66. The van der Waals surface area contributed by atoms with E-state index in [4.69, 9.17) is 0 Å². The Morgan fingerprint density at radius 1 is 1.50 bits per heavy atom. The van der Waals surface area contributed by atoms with Crippen LogP contribution in [0, 0.1) is 12.8 Å². The Kier molecular flexibility index (Phi) is 4.60. The highest BCUT2D eigenvalue weighted by molar-refractivity contribution is 7.16. The van der Waals surface area contributed by atoms with Gasteiger partial charge in [-0.3, -0.25) is 4.79 Å². The molecule has 0 spiro atoms. The van der Waals surface area contributed by atoms with Crippen molar-refractivity contribution >= 4 is 28.2 Å². The lowest BCUT2D eigenvalue weighted by Crippen LogP contribution is -2.16. The first kappa shape index (κ1) is 14.8. The van der Waals surface area contributed by atoms with E-state index in [1.54, 1.807) is 0 Å². The van der Waals surface area contributed by atoms with Gasteiger partial charge in [0, 0.05) is 11.3 Å². The Morgan fingerprint density at radius 2 is 2.25 bits per heavy atom. The molecule has 1 aliphatic carbocycles. The molecule has 1 aromatic heterocycles. The number of carboxylic acid groups (broad SMARTS) is 1. The highest BCUT2D eigenvalue weighted by Crippen LogP contribution is 2.34. The molecular formula is C15H19NO3S. The van der Waals surface area contributed by atoms with E-state index in [9.17, 15) is 14.7 Å². The largest absolute Gasteiger partial charge is 0.478 e. The Balaban J connectivity index is 2.14. The number of anilines is 1. The van der Waals surface area contributed by atoms with E-state index in [0.717, 1.165) is 23.3 Å². The third-order valence-electron chi connectivity index (χ3n) is 3.59. The summed E-state index contributed by atoms with van der Waals surface area (Å²) in [4.78, 5) is 24.4. The van der Waals surface area contributed by atoms with E-state index in [1.807, 2.05) is 13.8 Å². The highest BCUT2D eigenvalue weighted by Gasteiger charge is 2.22. The van der Waals surface area contributed by atoms with Gasteiger partial charge < -0.3 is 10.4 Å². The van der Waals surface area contributed by atoms with Gasteiger partial charge in [0.2, 0.25) is 5.91 Å². The number of carboxylic acids is 1. The molecule has 1 aromatic rings. The standard InChI is InChI=1S/C15H19NO3S/c1-3-11-9(2)20-14(13(11)15(18)19)16-12(17)8-10-6-4-5-7-10/h4,6,10H,3,5,7-8H2,1-2H3,(H,16,17)(H,18,19). The number of carbonyl (C=O) groups is 2. The van der Waals surface area contributed by atoms with Crippen LogP contribution in [0.5, 0.6) is 0 Å². The molecule has 1 aliphatic rings. The lowest BCUT2D eigenvalue weighted by Gasteiger charge is -2.08. The van der Waals surface area contributed by atoms with Gasteiger partial charge in [-0.15, -0.1) is 11.3 Å². The van der Waals surface area contributed by atoms with Crippen molar-refractivity contribution in [2.24, 2.45) is 5.92 Å². The summed E-state index contributed by atoms with van der Waals surface area (Å²) in [5.41, 5.74) is 1.07. The number of hydrogen-bond acceptors (Lipinski definition) is 3. The molecule has 1 atom stereocenters. The smallest absolute Gasteiger partial charge is 0.339 e. The molecule has 5 heteroatoms. The molecule has 0 bridgehead atoms. The normalized spacial score (nSPS) is 17.4. The molecular weight excluding hydrogens is 274 g/mol. The summed E-state index contributed by atoms with van der Waals surface area (Å²) in [5.74, 6) is -0.787. The lowest BCUT2D eigenvalue weighted by molar-refractivity contribution is -0.116. The van der Waals surface area contributed by atoms with Crippen molar-refractivity contribution in [1.29, 1.82) is 0 Å². The van der Waals surface area contributed by atoms with Crippen LogP contribution < -0.4 is 5.32 Å². The predicted molar refractivity (Wildman–Crippen MR) is 80.5 cm³/mol. The fourth-order valence-corrected chi connectivity index (χ4v) is 3.75. The van der Waals surface area contributed by atoms with Crippen LogP contribution in [0.2, 0.25) is 0 Å². The Hall–Kier alpha value is -1.62. The van der Waals surface area contributed by atoms with Gasteiger partial charge in [0.25, 0.3) is 0 Å². The molecule has 2 rings (SSSR count). The summed E-state index contributed by atoms with van der Waals surface area (Å²) < 4.78 is 0.